The molecule has 1 aromatic rings. The number of aromatic nitrogens is 2. The van der Waals surface area contributed by atoms with Crippen LogP contribution in [0.3, 0.4) is 0 Å². The molecule has 0 amide bonds. The lowest BCUT2D eigenvalue weighted by atomic mass is 9.99. The third-order valence-electron chi connectivity index (χ3n) is 1.88. The molecule has 3 N–H and O–H groups in total. The minimum atomic E-state index is 0.243. The Balaban J connectivity index is 2.43. The summed E-state index contributed by atoms with van der Waals surface area (Å²) in [6.07, 6.45) is 4.62. The predicted octanol–water partition coefficient (Wildman–Crippen LogP) is 0.935. The van der Waals surface area contributed by atoms with Crippen LogP contribution < -0.4 is 5.73 Å². The molecule has 0 aromatic carbocycles. The van der Waals surface area contributed by atoms with Crippen LogP contribution in [0.4, 0.5) is 0 Å². The van der Waals surface area contributed by atoms with Gasteiger partial charge in [-0.15, -0.1) is 0 Å². The van der Waals surface area contributed by atoms with Crippen molar-refractivity contribution in [1.82, 2.24) is 10.2 Å². The first-order chi connectivity index (χ1) is 5.20. The molecule has 11 heavy (non-hydrogen) atoms. The average Bonchev–Trinajstić information content (AvgIpc) is 2.39. The molecule has 3 heteroatoms. The summed E-state index contributed by atoms with van der Waals surface area (Å²) in [5.41, 5.74) is 7.05. The van der Waals surface area contributed by atoms with Crippen LogP contribution in [0.25, 0.3) is 0 Å². The molecule has 0 radical (unpaired) electrons. The molecule has 0 aliphatic rings. The van der Waals surface area contributed by atoms with E-state index in [1.165, 1.54) is 5.56 Å². The lowest BCUT2D eigenvalue weighted by Crippen LogP contribution is -2.28. The largest absolute Gasteiger partial charge is 0.327 e. The smallest absolute Gasteiger partial charge is 0.0519 e. The van der Waals surface area contributed by atoms with Crippen LogP contribution in [0, 0.1) is 5.92 Å². The summed E-state index contributed by atoms with van der Waals surface area (Å²) in [5.74, 6) is 0.532. The quantitative estimate of drug-likeness (QED) is 0.679. The van der Waals surface area contributed by atoms with Crippen molar-refractivity contribution in [1.29, 1.82) is 0 Å². The zero-order valence-corrected chi connectivity index (χ0v) is 7.04. The third kappa shape index (κ3) is 2.35. The van der Waals surface area contributed by atoms with E-state index in [0.29, 0.717) is 5.92 Å². The van der Waals surface area contributed by atoms with Crippen LogP contribution in [-0.2, 0) is 6.42 Å². The first-order valence-corrected chi connectivity index (χ1v) is 3.93. The first-order valence-electron chi connectivity index (χ1n) is 3.93. The van der Waals surface area contributed by atoms with Crippen LogP contribution in [0.1, 0.15) is 19.4 Å². The van der Waals surface area contributed by atoms with E-state index in [1.807, 2.05) is 12.4 Å². The molecule has 1 heterocycles. The van der Waals surface area contributed by atoms with Gasteiger partial charge in [0.05, 0.1) is 6.20 Å². The summed E-state index contributed by atoms with van der Waals surface area (Å²) < 4.78 is 0. The van der Waals surface area contributed by atoms with Crippen LogP contribution in [0.2, 0.25) is 0 Å². The van der Waals surface area contributed by atoms with Crippen molar-refractivity contribution in [3.05, 3.63) is 18.0 Å². The van der Waals surface area contributed by atoms with Crippen LogP contribution in [-0.4, -0.2) is 16.2 Å². The van der Waals surface area contributed by atoms with Gasteiger partial charge in [-0.25, -0.2) is 0 Å². The summed E-state index contributed by atoms with van der Waals surface area (Å²) >= 11 is 0. The van der Waals surface area contributed by atoms with Gasteiger partial charge in [0.25, 0.3) is 0 Å². The fraction of sp³-hybridized carbons (Fsp3) is 0.625. The summed E-state index contributed by atoms with van der Waals surface area (Å²) in [5, 5.41) is 6.62. The Morgan fingerprint density at radius 2 is 2.36 bits per heavy atom. The molecule has 1 aromatic heterocycles. The number of aromatic amines is 1. The molecule has 1 unspecified atom stereocenters. The van der Waals surface area contributed by atoms with Crippen molar-refractivity contribution < 1.29 is 0 Å². The van der Waals surface area contributed by atoms with E-state index in [9.17, 15) is 0 Å². The molecule has 0 spiro atoms. The fourth-order valence-corrected chi connectivity index (χ4v) is 0.897. The van der Waals surface area contributed by atoms with Crippen molar-refractivity contribution in [2.75, 3.05) is 0 Å². The number of nitrogens with zero attached hydrogens (tertiary/aromatic N) is 1. The van der Waals surface area contributed by atoms with Gasteiger partial charge in [-0.3, -0.25) is 5.10 Å². The minimum absolute atomic E-state index is 0.243. The Bertz CT molecular complexity index is 191. The van der Waals surface area contributed by atoms with Crippen LogP contribution in [0.15, 0.2) is 12.4 Å². The lowest BCUT2D eigenvalue weighted by molar-refractivity contribution is 0.490. The Labute approximate surface area is 67.0 Å². The number of hydrogen-bond donors (Lipinski definition) is 2. The first kappa shape index (κ1) is 8.27. The van der Waals surface area contributed by atoms with Gasteiger partial charge in [-0.2, -0.15) is 5.10 Å². The van der Waals surface area contributed by atoms with Gasteiger partial charge in [0, 0.05) is 12.2 Å². The zero-order chi connectivity index (χ0) is 8.27. The Morgan fingerprint density at radius 1 is 1.64 bits per heavy atom. The zero-order valence-electron chi connectivity index (χ0n) is 7.04. The van der Waals surface area contributed by atoms with E-state index in [2.05, 4.69) is 24.0 Å². The fourth-order valence-electron chi connectivity index (χ4n) is 0.897. The van der Waals surface area contributed by atoms with Gasteiger partial charge < -0.3 is 5.73 Å². The summed E-state index contributed by atoms with van der Waals surface area (Å²) in [6, 6.07) is 0.243. The topological polar surface area (TPSA) is 54.7 Å². The highest BCUT2D eigenvalue weighted by Gasteiger charge is 2.08. The van der Waals surface area contributed by atoms with Crippen LogP contribution in [0.5, 0.6) is 0 Å². The Morgan fingerprint density at radius 3 is 2.82 bits per heavy atom. The van der Waals surface area contributed by atoms with Crippen molar-refractivity contribution in [2.24, 2.45) is 11.7 Å². The van der Waals surface area contributed by atoms with Crippen molar-refractivity contribution in [3.63, 3.8) is 0 Å². The standard InChI is InChI=1S/C8H15N3/c1-6(2)8(9)3-7-4-10-11-5-7/h4-6,8H,3,9H2,1-2H3,(H,10,11). The number of H-pyrrole nitrogens is 1. The predicted molar refractivity (Wildman–Crippen MR) is 45.1 cm³/mol. The molecular weight excluding hydrogens is 138 g/mol. The van der Waals surface area contributed by atoms with E-state index in [4.69, 9.17) is 5.73 Å². The highest BCUT2D eigenvalue weighted by molar-refractivity contribution is 5.04. The van der Waals surface area contributed by atoms with Gasteiger partial charge in [-0.05, 0) is 17.9 Å². The second-order valence-corrected chi connectivity index (χ2v) is 3.22. The monoisotopic (exact) mass is 153 g/mol. The molecule has 1 atom stereocenters. The average molecular weight is 153 g/mol. The molecular formula is C8H15N3. The molecule has 0 bridgehead atoms. The van der Waals surface area contributed by atoms with Crippen LogP contribution >= 0.6 is 0 Å². The Kier molecular flexibility index (Phi) is 2.65. The van der Waals surface area contributed by atoms with E-state index in [-0.39, 0.29) is 6.04 Å². The lowest BCUT2D eigenvalue weighted by Gasteiger charge is -2.13. The SMILES string of the molecule is CC(C)C(N)Cc1cn[nH]c1. The number of nitrogens with one attached hydrogen (secondary N) is 1. The highest BCUT2D eigenvalue weighted by Crippen LogP contribution is 2.05. The molecule has 0 fully saturated rings. The normalized spacial score (nSPS) is 13.8. The minimum Gasteiger partial charge on any atom is -0.327 e. The van der Waals surface area contributed by atoms with Gasteiger partial charge in [-0.1, -0.05) is 13.8 Å². The summed E-state index contributed by atoms with van der Waals surface area (Å²) in [7, 11) is 0. The maximum absolute atomic E-state index is 5.87. The molecule has 0 saturated heterocycles. The van der Waals surface area contributed by atoms with Crippen molar-refractivity contribution >= 4 is 0 Å². The Hall–Kier alpha value is -0.830. The molecule has 0 aliphatic heterocycles. The number of nitrogens with two attached hydrogens (primary N) is 1. The molecule has 0 aliphatic carbocycles. The van der Waals surface area contributed by atoms with E-state index in [0.717, 1.165) is 6.42 Å². The second kappa shape index (κ2) is 3.53. The van der Waals surface area contributed by atoms with E-state index < -0.39 is 0 Å². The number of rotatable bonds is 3. The maximum Gasteiger partial charge on any atom is 0.0519 e. The summed E-state index contributed by atoms with van der Waals surface area (Å²) in [4.78, 5) is 0. The van der Waals surface area contributed by atoms with E-state index in [1.54, 1.807) is 0 Å². The van der Waals surface area contributed by atoms with Crippen molar-refractivity contribution in [2.45, 2.75) is 26.3 Å². The molecule has 0 saturated carbocycles. The molecule has 1 rings (SSSR count). The molecule has 62 valence electrons. The van der Waals surface area contributed by atoms with Crippen molar-refractivity contribution in [3.8, 4) is 0 Å². The van der Waals surface area contributed by atoms with E-state index >= 15 is 0 Å². The second-order valence-electron chi connectivity index (χ2n) is 3.22. The maximum atomic E-state index is 5.87. The summed E-state index contributed by atoms with van der Waals surface area (Å²) in [6.45, 7) is 4.26. The third-order valence-corrected chi connectivity index (χ3v) is 1.88. The van der Waals surface area contributed by atoms with Gasteiger partial charge in [0.1, 0.15) is 0 Å². The molecule has 3 nitrogen and oxygen atoms in total. The van der Waals surface area contributed by atoms with Gasteiger partial charge in [0.2, 0.25) is 0 Å². The highest BCUT2D eigenvalue weighted by atomic mass is 15.1. The van der Waals surface area contributed by atoms with Gasteiger partial charge >= 0.3 is 0 Å². The number of hydrogen-bond acceptors (Lipinski definition) is 2. The van der Waals surface area contributed by atoms with Gasteiger partial charge in [0.15, 0.2) is 0 Å².